The summed E-state index contributed by atoms with van der Waals surface area (Å²) >= 11 is 0. The third kappa shape index (κ3) is 3.75. The molecular formula is C27H46O5. The predicted octanol–water partition coefficient (Wildman–Crippen LogP) is 4.47. The number of fused-ring (bicyclic) bond motifs is 5. The molecular weight excluding hydrogens is 404 g/mol. The minimum Gasteiger partial charge on any atom is -0.481 e. The minimum atomic E-state index is -0.722. The molecule has 5 heteroatoms. The number of carboxylic acids is 1. The number of carboxylic acid groups (broad SMARTS) is 1. The summed E-state index contributed by atoms with van der Waals surface area (Å²) in [6.07, 6.45) is 7.21. The fourth-order valence-corrected chi connectivity index (χ4v) is 9.82. The summed E-state index contributed by atoms with van der Waals surface area (Å²) < 4.78 is 0. The smallest absolute Gasteiger partial charge is 0.303 e. The van der Waals surface area contributed by atoms with Gasteiger partial charge in [0.1, 0.15) is 0 Å². The Morgan fingerprint density at radius 2 is 1.78 bits per heavy atom. The quantitative estimate of drug-likeness (QED) is 0.478. The van der Waals surface area contributed by atoms with Crippen LogP contribution in [-0.4, -0.2) is 44.7 Å². The number of aliphatic hydroxyl groups is 3. The third-order valence-electron chi connectivity index (χ3n) is 11.1. The van der Waals surface area contributed by atoms with Crippen LogP contribution in [0.25, 0.3) is 0 Å². The van der Waals surface area contributed by atoms with Gasteiger partial charge in [-0.3, -0.25) is 4.79 Å². The highest BCUT2D eigenvalue weighted by Gasteiger charge is 2.67. The monoisotopic (exact) mass is 450 g/mol. The Balaban J connectivity index is 1.62. The van der Waals surface area contributed by atoms with E-state index >= 15 is 0 Å². The van der Waals surface area contributed by atoms with E-state index in [0.717, 1.165) is 51.4 Å². The fraction of sp³-hybridized carbons (Fsp3) is 0.963. The van der Waals surface area contributed by atoms with E-state index in [1.54, 1.807) is 0 Å². The maximum Gasteiger partial charge on any atom is 0.303 e. The Labute approximate surface area is 194 Å². The first-order valence-electron chi connectivity index (χ1n) is 13.3. The van der Waals surface area contributed by atoms with Gasteiger partial charge >= 0.3 is 5.97 Å². The van der Waals surface area contributed by atoms with Gasteiger partial charge in [-0.15, -0.1) is 0 Å². The van der Waals surface area contributed by atoms with Crippen LogP contribution >= 0.6 is 0 Å². The highest BCUT2D eigenvalue weighted by molar-refractivity contribution is 5.66. The molecule has 0 heterocycles. The second-order valence-corrected chi connectivity index (χ2v) is 12.5. The number of rotatable bonds is 6. The van der Waals surface area contributed by atoms with Crippen LogP contribution in [0, 0.1) is 52.3 Å². The Bertz CT molecular complexity index is 696. The van der Waals surface area contributed by atoms with Gasteiger partial charge in [0.25, 0.3) is 0 Å². The van der Waals surface area contributed by atoms with Crippen molar-refractivity contribution in [2.24, 2.45) is 52.3 Å². The fourth-order valence-electron chi connectivity index (χ4n) is 9.82. The highest BCUT2D eigenvalue weighted by Crippen LogP contribution is 2.69. The van der Waals surface area contributed by atoms with Crippen molar-refractivity contribution in [2.75, 3.05) is 0 Å². The molecule has 0 aliphatic heterocycles. The molecule has 5 nitrogen and oxygen atoms in total. The molecule has 0 radical (unpaired) electrons. The van der Waals surface area contributed by atoms with E-state index in [1.165, 1.54) is 0 Å². The maximum absolute atomic E-state index is 11.8. The normalized spacial score (nSPS) is 51.4. The summed E-state index contributed by atoms with van der Waals surface area (Å²) in [5, 5.41) is 42.9. The lowest BCUT2D eigenvalue weighted by Crippen LogP contribution is -2.65. The Morgan fingerprint density at radius 1 is 1.06 bits per heavy atom. The first-order chi connectivity index (χ1) is 15.0. The zero-order valence-electron chi connectivity index (χ0n) is 20.5. The zero-order valence-corrected chi connectivity index (χ0v) is 20.5. The SMILES string of the molecule is CC[C@H]1[C@@H](O)C2C3CC[C@H]([C@H](C)CCCC(=O)O)[C@@]3(C)C[C@H](O)C2[C@@]2(C)CC[C@@H](O)C[C@@H]12. The van der Waals surface area contributed by atoms with E-state index < -0.39 is 18.2 Å². The standard InChI is InChI=1S/C27H46O5/c1-5-17-20-13-16(28)11-12-26(20,3)24-21(29)14-27(4)18(15(2)7-6-8-22(30)31)9-10-19(27)23(24)25(17)32/h15-21,23-25,28-29,32H,5-14H2,1-4H3,(H,30,31)/t15-,16-,17-,18-,19?,20+,21+,23?,24?,25-,26+,27-/m1/s1. The van der Waals surface area contributed by atoms with E-state index in [4.69, 9.17) is 5.11 Å². The molecule has 184 valence electrons. The largest absolute Gasteiger partial charge is 0.481 e. The van der Waals surface area contributed by atoms with Crippen LogP contribution in [0.4, 0.5) is 0 Å². The Morgan fingerprint density at radius 3 is 2.44 bits per heavy atom. The summed E-state index contributed by atoms with van der Waals surface area (Å²) in [4.78, 5) is 11.0. The third-order valence-corrected chi connectivity index (χ3v) is 11.1. The zero-order chi connectivity index (χ0) is 23.4. The molecule has 0 saturated heterocycles. The molecule has 0 aromatic heterocycles. The molecule has 4 aliphatic carbocycles. The minimum absolute atomic E-state index is 0.000127. The van der Waals surface area contributed by atoms with Crippen LogP contribution in [0.3, 0.4) is 0 Å². The molecule has 0 aromatic rings. The molecule has 4 fully saturated rings. The van der Waals surface area contributed by atoms with Crippen LogP contribution in [0.2, 0.25) is 0 Å². The summed E-state index contributed by atoms with van der Waals surface area (Å²) in [6.45, 7) is 9.15. The summed E-state index contributed by atoms with van der Waals surface area (Å²) in [5.41, 5.74) is -0.0182. The van der Waals surface area contributed by atoms with Crippen LogP contribution in [-0.2, 0) is 4.79 Å². The molecule has 4 rings (SSSR count). The van der Waals surface area contributed by atoms with Gasteiger partial charge in [0.15, 0.2) is 0 Å². The molecule has 4 saturated carbocycles. The first-order valence-corrected chi connectivity index (χ1v) is 13.3. The van der Waals surface area contributed by atoms with Gasteiger partial charge in [0.2, 0.25) is 0 Å². The van der Waals surface area contributed by atoms with Crippen molar-refractivity contribution >= 4 is 5.97 Å². The van der Waals surface area contributed by atoms with E-state index in [1.807, 2.05) is 0 Å². The number of aliphatic carboxylic acids is 1. The molecule has 0 bridgehead atoms. The van der Waals surface area contributed by atoms with E-state index in [9.17, 15) is 20.1 Å². The van der Waals surface area contributed by atoms with Crippen molar-refractivity contribution < 1.29 is 25.2 Å². The molecule has 4 N–H and O–H groups in total. The molecule has 3 unspecified atom stereocenters. The van der Waals surface area contributed by atoms with Crippen LogP contribution in [0.5, 0.6) is 0 Å². The van der Waals surface area contributed by atoms with Crippen molar-refractivity contribution in [2.45, 2.75) is 110 Å². The van der Waals surface area contributed by atoms with Gasteiger partial charge in [0.05, 0.1) is 18.3 Å². The van der Waals surface area contributed by atoms with E-state index in [-0.39, 0.29) is 47.0 Å². The number of hydrogen-bond donors (Lipinski definition) is 4. The Hall–Kier alpha value is -0.650. The van der Waals surface area contributed by atoms with Crippen LogP contribution in [0.15, 0.2) is 0 Å². The lowest BCUT2D eigenvalue weighted by Gasteiger charge is -2.66. The van der Waals surface area contributed by atoms with Crippen LogP contribution in [0.1, 0.15) is 91.9 Å². The molecule has 32 heavy (non-hydrogen) atoms. The van der Waals surface area contributed by atoms with Crippen molar-refractivity contribution in [3.05, 3.63) is 0 Å². The molecule has 12 atom stereocenters. The molecule has 0 spiro atoms. The molecule has 0 amide bonds. The topological polar surface area (TPSA) is 98.0 Å². The van der Waals surface area contributed by atoms with Gasteiger partial charge in [-0.25, -0.2) is 0 Å². The first kappa shape index (κ1) is 24.5. The van der Waals surface area contributed by atoms with Gasteiger partial charge in [-0.2, -0.15) is 0 Å². The number of aliphatic hydroxyl groups excluding tert-OH is 3. The number of carbonyl (C=O) groups is 1. The van der Waals surface area contributed by atoms with Gasteiger partial charge in [-0.05, 0) is 104 Å². The van der Waals surface area contributed by atoms with Crippen LogP contribution < -0.4 is 0 Å². The predicted molar refractivity (Wildman–Crippen MR) is 124 cm³/mol. The molecule has 0 aromatic carbocycles. The van der Waals surface area contributed by atoms with Crippen molar-refractivity contribution in [1.82, 2.24) is 0 Å². The Kier molecular flexibility index (Phi) is 6.77. The summed E-state index contributed by atoms with van der Waals surface area (Å²) in [7, 11) is 0. The molecule has 4 aliphatic rings. The summed E-state index contributed by atoms with van der Waals surface area (Å²) in [6, 6.07) is 0. The average Bonchev–Trinajstić information content (AvgIpc) is 3.05. The van der Waals surface area contributed by atoms with Crippen molar-refractivity contribution in [3.8, 4) is 0 Å². The second kappa shape index (κ2) is 8.85. The van der Waals surface area contributed by atoms with Crippen molar-refractivity contribution in [3.63, 3.8) is 0 Å². The number of hydrogen-bond acceptors (Lipinski definition) is 4. The van der Waals surface area contributed by atoms with Gasteiger partial charge in [0, 0.05) is 6.42 Å². The van der Waals surface area contributed by atoms with Crippen molar-refractivity contribution in [1.29, 1.82) is 0 Å². The maximum atomic E-state index is 11.8. The lowest BCUT2D eigenvalue weighted by atomic mass is 9.40. The second-order valence-electron chi connectivity index (χ2n) is 12.5. The van der Waals surface area contributed by atoms with E-state index in [0.29, 0.717) is 24.2 Å². The van der Waals surface area contributed by atoms with Gasteiger partial charge in [-0.1, -0.05) is 34.1 Å². The van der Waals surface area contributed by atoms with E-state index in [2.05, 4.69) is 27.7 Å². The lowest BCUT2D eigenvalue weighted by molar-refractivity contribution is -0.235. The summed E-state index contributed by atoms with van der Waals surface area (Å²) in [5.74, 6) is 1.30. The van der Waals surface area contributed by atoms with Gasteiger partial charge < -0.3 is 20.4 Å². The average molecular weight is 451 g/mol. The highest BCUT2D eigenvalue weighted by atomic mass is 16.4.